The van der Waals surface area contributed by atoms with Crippen molar-refractivity contribution in [2.24, 2.45) is 11.3 Å². The number of hydrogen-bond donors (Lipinski definition) is 2. The number of nitrogens with one attached hydrogen (secondary N) is 2. The van der Waals surface area contributed by atoms with Crippen LogP contribution in [0, 0.1) is 18.3 Å². The highest BCUT2D eigenvalue weighted by molar-refractivity contribution is 7.16. The van der Waals surface area contributed by atoms with Crippen molar-refractivity contribution in [1.82, 2.24) is 20.5 Å². The molecule has 2 fully saturated rings. The number of aromatic nitrogens is 1. The van der Waals surface area contributed by atoms with Gasteiger partial charge < -0.3 is 15.5 Å². The van der Waals surface area contributed by atoms with E-state index in [9.17, 15) is 4.79 Å². The average molecular weight is 329 g/mol. The van der Waals surface area contributed by atoms with Crippen molar-refractivity contribution < 1.29 is 4.79 Å². The van der Waals surface area contributed by atoms with Gasteiger partial charge in [0.2, 0.25) is 5.91 Å². The molecule has 5 nitrogen and oxygen atoms in total. The molecular formula is C14H21ClN4OS. The molecule has 2 N–H and O–H groups in total. The fourth-order valence-electron chi connectivity index (χ4n) is 3.49. The summed E-state index contributed by atoms with van der Waals surface area (Å²) in [4.78, 5) is 19.3. The molecule has 1 amide bonds. The third kappa shape index (κ3) is 2.82. The zero-order valence-corrected chi connectivity index (χ0v) is 14.0. The lowest BCUT2D eigenvalue weighted by Crippen LogP contribution is -2.47. The second-order valence-corrected chi connectivity index (χ2v) is 7.84. The van der Waals surface area contributed by atoms with E-state index in [-0.39, 0.29) is 11.3 Å². The second kappa shape index (κ2) is 5.83. The number of rotatable bonds is 4. The number of thiazole rings is 1. The van der Waals surface area contributed by atoms with Crippen molar-refractivity contribution in [3.63, 3.8) is 0 Å². The van der Waals surface area contributed by atoms with Gasteiger partial charge in [-0.05, 0) is 14.0 Å². The third-order valence-corrected chi connectivity index (χ3v) is 6.07. The van der Waals surface area contributed by atoms with Gasteiger partial charge in [0.1, 0.15) is 4.34 Å². The van der Waals surface area contributed by atoms with Crippen molar-refractivity contribution in [3.8, 4) is 0 Å². The largest absolute Gasteiger partial charge is 0.355 e. The van der Waals surface area contributed by atoms with Gasteiger partial charge in [-0.3, -0.25) is 4.79 Å². The van der Waals surface area contributed by atoms with Crippen molar-refractivity contribution in [1.29, 1.82) is 0 Å². The summed E-state index contributed by atoms with van der Waals surface area (Å²) in [6.07, 6.45) is 0.744. The first kappa shape index (κ1) is 15.2. The first-order valence-corrected chi connectivity index (χ1v) is 8.50. The summed E-state index contributed by atoms with van der Waals surface area (Å²) in [6, 6.07) is 0. The molecule has 3 heterocycles. The van der Waals surface area contributed by atoms with Crippen LogP contribution in [-0.2, 0) is 11.2 Å². The van der Waals surface area contributed by atoms with E-state index in [0.29, 0.717) is 12.5 Å². The summed E-state index contributed by atoms with van der Waals surface area (Å²) < 4.78 is 0.743. The lowest BCUT2D eigenvalue weighted by atomic mass is 9.80. The van der Waals surface area contributed by atoms with Crippen molar-refractivity contribution in [2.45, 2.75) is 13.3 Å². The zero-order chi connectivity index (χ0) is 15.0. The fraction of sp³-hybridized carbons (Fsp3) is 0.714. The molecule has 0 aromatic carbocycles. The molecule has 3 rings (SSSR count). The molecule has 0 bridgehead atoms. The molecule has 2 aliphatic heterocycles. The van der Waals surface area contributed by atoms with Crippen molar-refractivity contribution in [3.05, 3.63) is 15.0 Å². The van der Waals surface area contributed by atoms with Crippen LogP contribution in [0.2, 0.25) is 4.34 Å². The number of carbonyl (C=O) groups is 1. The van der Waals surface area contributed by atoms with Gasteiger partial charge in [0.25, 0.3) is 0 Å². The Morgan fingerprint density at radius 1 is 1.67 bits per heavy atom. The Hall–Kier alpha value is -0.690. The zero-order valence-electron chi connectivity index (χ0n) is 12.4. The Bertz CT molecular complexity index is 530. The maximum Gasteiger partial charge on any atom is 0.229 e. The molecular weight excluding hydrogens is 308 g/mol. The summed E-state index contributed by atoms with van der Waals surface area (Å²) in [7, 11) is 2.09. The quantitative estimate of drug-likeness (QED) is 0.863. The monoisotopic (exact) mass is 328 g/mol. The van der Waals surface area contributed by atoms with Gasteiger partial charge in [0.15, 0.2) is 0 Å². The molecule has 0 aliphatic carbocycles. The molecule has 2 saturated heterocycles. The van der Waals surface area contributed by atoms with Gasteiger partial charge in [0.05, 0.1) is 16.1 Å². The van der Waals surface area contributed by atoms with Crippen molar-refractivity contribution >= 4 is 28.8 Å². The number of hydrogen-bond acceptors (Lipinski definition) is 5. The third-order valence-electron chi connectivity index (χ3n) is 4.56. The summed E-state index contributed by atoms with van der Waals surface area (Å²) in [5.41, 5.74) is 0.629. The highest BCUT2D eigenvalue weighted by Gasteiger charge is 2.53. The van der Waals surface area contributed by atoms with Crippen LogP contribution in [0.15, 0.2) is 0 Å². The first-order chi connectivity index (χ1) is 10.0. The van der Waals surface area contributed by atoms with Crippen LogP contribution in [-0.4, -0.2) is 55.6 Å². The maximum atomic E-state index is 12.6. The molecule has 1 aromatic heterocycles. The second-order valence-electron chi connectivity index (χ2n) is 6.15. The lowest BCUT2D eigenvalue weighted by Gasteiger charge is -2.26. The van der Waals surface area contributed by atoms with Crippen LogP contribution in [0.1, 0.15) is 10.7 Å². The summed E-state index contributed by atoms with van der Waals surface area (Å²) in [6.45, 7) is 6.11. The van der Waals surface area contributed by atoms with Crippen LogP contribution in [0.25, 0.3) is 0 Å². The predicted octanol–water partition coefficient (Wildman–Crippen LogP) is 0.915. The van der Waals surface area contributed by atoms with Gasteiger partial charge in [-0.15, -0.1) is 11.3 Å². The van der Waals surface area contributed by atoms with E-state index >= 15 is 0 Å². The Balaban J connectivity index is 1.57. The Morgan fingerprint density at radius 3 is 3.19 bits per heavy atom. The molecule has 0 unspecified atom stereocenters. The molecule has 1 aromatic rings. The van der Waals surface area contributed by atoms with E-state index in [0.717, 1.165) is 47.6 Å². The lowest BCUT2D eigenvalue weighted by molar-refractivity contribution is -0.130. The Morgan fingerprint density at radius 2 is 2.48 bits per heavy atom. The van der Waals surface area contributed by atoms with E-state index < -0.39 is 0 Å². The molecule has 0 radical (unpaired) electrons. The highest BCUT2D eigenvalue weighted by Crippen LogP contribution is 2.38. The molecule has 2 atom stereocenters. The van der Waals surface area contributed by atoms with Crippen LogP contribution >= 0.6 is 22.9 Å². The van der Waals surface area contributed by atoms with E-state index in [1.165, 1.54) is 11.3 Å². The maximum absolute atomic E-state index is 12.6. The minimum absolute atomic E-state index is 0.182. The predicted molar refractivity (Wildman–Crippen MR) is 84.9 cm³/mol. The highest BCUT2D eigenvalue weighted by atomic mass is 35.5. The molecule has 2 aliphatic rings. The topological polar surface area (TPSA) is 57.3 Å². The number of fused-ring (bicyclic) bond motifs is 1. The number of amides is 1. The Labute approximate surface area is 134 Å². The minimum atomic E-state index is -0.245. The minimum Gasteiger partial charge on any atom is -0.355 e. The van der Waals surface area contributed by atoms with E-state index in [1.54, 1.807) is 0 Å². The fourth-order valence-corrected chi connectivity index (χ4v) is 4.59. The van der Waals surface area contributed by atoms with Gasteiger partial charge in [-0.2, -0.15) is 0 Å². The average Bonchev–Trinajstić information content (AvgIpc) is 3.03. The van der Waals surface area contributed by atoms with E-state index in [1.807, 2.05) is 6.92 Å². The standard InChI is InChI=1S/C14H21ClN4OS/c1-9-12(15)21-11(18-9)3-4-17-13(20)14-7-16-5-10(14)6-19(2)8-14/h10,16H,3-8H2,1-2H3,(H,17,20)/t10-,14-/m1/s1. The Kier molecular flexibility index (Phi) is 4.23. The molecule has 116 valence electrons. The number of halogens is 1. The smallest absolute Gasteiger partial charge is 0.229 e. The number of likely N-dealkylation sites (tertiary alicyclic amines) is 1. The summed E-state index contributed by atoms with van der Waals surface area (Å²) >= 11 is 7.52. The van der Waals surface area contributed by atoms with Gasteiger partial charge in [0, 0.05) is 45.1 Å². The summed E-state index contributed by atoms with van der Waals surface area (Å²) in [5.74, 6) is 0.611. The SMILES string of the molecule is Cc1nc(CCNC(=O)[C@@]23CNC[C@@H]2CN(C)C3)sc1Cl. The van der Waals surface area contributed by atoms with Gasteiger partial charge in [-0.1, -0.05) is 11.6 Å². The van der Waals surface area contributed by atoms with E-state index in [2.05, 4.69) is 27.6 Å². The van der Waals surface area contributed by atoms with Crippen molar-refractivity contribution in [2.75, 3.05) is 39.8 Å². The van der Waals surface area contributed by atoms with Gasteiger partial charge in [-0.25, -0.2) is 4.98 Å². The van der Waals surface area contributed by atoms with E-state index in [4.69, 9.17) is 11.6 Å². The van der Waals surface area contributed by atoms with Gasteiger partial charge >= 0.3 is 0 Å². The number of carbonyl (C=O) groups excluding carboxylic acids is 1. The number of nitrogens with zero attached hydrogens (tertiary/aromatic N) is 2. The van der Waals surface area contributed by atoms with Crippen LogP contribution in [0.3, 0.4) is 0 Å². The van der Waals surface area contributed by atoms with Crippen LogP contribution < -0.4 is 10.6 Å². The molecule has 21 heavy (non-hydrogen) atoms. The molecule has 0 saturated carbocycles. The number of aryl methyl sites for hydroxylation is 1. The molecule has 0 spiro atoms. The first-order valence-electron chi connectivity index (χ1n) is 7.30. The van der Waals surface area contributed by atoms with Crippen LogP contribution in [0.5, 0.6) is 0 Å². The van der Waals surface area contributed by atoms with Crippen LogP contribution in [0.4, 0.5) is 0 Å². The molecule has 7 heteroatoms. The normalized spacial score (nSPS) is 28.8. The summed E-state index contributed by atoms with van der Waals surface area (Å²) in [5, 5.41) is 7.46.